The maximum atomic E-state index is 12.3. The molecule has 0 radical (unpaired) electrons. The molecule has 5 heteroatoms. The second-order valence-corrected chi connectivity index (χ2v) is 14.1. The van der Waals surface area contributed by atoms with Gasteiger partial charge in [-0.15, -0.1) is 0 Å². The first-order chi connectivity index (χ1) is 10.5. The monoisotopic (exact) mass is 339 g/mol. The van der Waals surface area contributed by atoms with Crippen molar-refractivity contribution in [1.29, 1.82) is 0 Å². The van der Waals surface area contributed by atoms with Crippen LogP contribution in [-0.2, 0) is 14.0 Å². The molecule has 3 rings (SSSR count). The van der Waals surface area contributed by atoms with E-state index < -0.39 is 8.32 Å². The standard InChI is InChI=1S/C18H33NO3Si/c1-11-9-8-10-13-18(11,21-13)15-14(16(20)19-15)12(2)22-23(6,7)17(3,4)5/h11-15H,8-10H2,1-7H3,(H,19,20)/t11?,12-,13+,14+,15-,18+/m1/s1. The van der Waals surface area contributed by atoms with E-state index in [9.17, 15) is 4.79 Å². The molecule has 1 unspecified atom stereocenters. The fourth-order valence-corrected chi connectivity index (χ4v) is 5.76. The first-order valence-electron chi connectivity index (χ1n) is 9.17. The first kappa shape index (κ1) is 17.4. The van der Waals surface area contributed by atoms with Crippen LogP contribution in [0.1, 0.15) is 53.9 Å². The van der Waals surface area contributed by atoms with Gasteiger partial charge in [0.05, 0.1) is 24.2 Å². The van der Waals surface area contributed by atoms with Crippen LogP contribution in [-0.4, -0.2) is 38.1 Å². The number of ether oxygens (including phenoxy) is 1. The van der Waals surface area contributed by atoms with E-state index in [4.69, 9.17) is 9.16 Å². The van der Waals surface area contributed by atoms with Gasteiger partial charge in [0.2, 0.25) is 5.91 Å². The van der Waals surface area contributed by atoms with E-state index >= 15 is 0 Å². The smallest absolute Gasteiger partial charge is 0.228 e. The lowest BCUT2D eigenvalue weighted by Gasteiger charge is -2.48. The number of carbonyl (C=O) groups excluding carboxylic acids is 1. The van der Waals surface area contributed by atoms with Gasteiger partial charge in [0.25, 0.3) is 0 Å². The van der Waals surface area contributed by atoms with Gasteiger partial charge in [0, 0.05) is 0 Å². The Morgan fingerprint density at radius 2 is 2.00 bits per heavy atom. The normalized spacial score (nSPS) is 41.6. The van der Waals surface area contributed by atoms with E-state index in [-0.39, 0.29) is 34.6 Å². The molecule has 1 N–H and O–H groups in total. The lowest BCUT2D eigenvalue weighted by Crippen LogP contribution is -2.70. The minimum atomic E-state index is -1.87. The molecule has 23 heavy (non-hydrogen) atoms. The molecule has 0 aromatic carbocycles. The molecule has 1 amide bonds. The molecular weight excluding hydrogens is 306 g/mol. The lowest BCUT2D eigenvalue weighted by molar-refractivity contribution is -0.144. The third-order valence-electron chi connectivity index (χ3n) is 6.90. The van der Waals surface area contributed by atoms with E-state index in [1.54, 1.807) is 0 Å². The number of β-lactam (4-membered cyclic amide) rings is 1. The summed E-state index contributed by atoms with van der Waals surface area (Å²) >= 11 is 0. The maximum absolute atomic E-state index is 12.3. The first-order valence-corrected chi connectivity index (χ1v) is 12.1. The molecule has 1 saturated carbocycles. The van der Waals surface area contributed by atoms with Crippen molar-refractivity contribution < 1.29 is 14.0 Å². The summed E-state index contributed by atoms with van der Waals surface area (Å²) in [5.74, 6) is 0.603. The van der Waals surface area contributed by atoms with Gasteiger partial charge in [0.1, 0.15) is 5.60 Å². The van der Waals surface area contributed by atoms with Gasteiger partial charge in [-0.1, -0.05) is 34.1 Å². The number of carbonyl (C=O) groups is 1. The fraction of sp³-hybridized carbons (Fsp3) is 0.944. The Morgan fingerprint density at radius 3 is 2.52 bits per heavy atom. The number of rotatable bonds is 4. The number of amides is 1. The summed E-state index contributed by atoms with van der Waals surface area (Å²) in [5.41, 5.74) is -0.109. The summed E-state index contributed by atoms with van der Waals surface area (Å²) in [5, 5.41) is 3.31. The summed E-state index contributed by atoms with van der Waals surface area (Å²) in [7, 11) is -1.87. The van der Waals surface area contributed by atoms with Gasteiger partial charge >= 0.3 is 0 Å². The Morgan fingerprint density at radius 1 is 1.35 bits per heavy atom. The summed E-state index contributed by atoms with van der Waals surface area (Å²) in [4.78, 5) is 12.3. The van der Waals surface area contributed by atoms with Gasteiger partial charge in [-0.25, -0.2) is 0 Å². The lowest BCUT2D eigenvalue weighted by atomic mass is 9.68. The van der Waals surface area contributed by atoms with Crippen molar-refractivity contribution in [1.82, 2.24) is 5.32 Å². The fourth-order valence-electron chi connectivity index (χ4n) is 4.33. The molecule has 2 heterocycles. The summed E-state index contributed by atoms with van der Waals surface area (Å²) in [6.45, 7) is 15.6. The van der Waals surface area contributed by atoms with Crippen molar-refractivity contribution in [3.8, 4) is 0 Å². The molecule has 132 valence electrons. The molecule has 6 atom stereocenters. The highest BCUT2D eigenvalue weighted by Gasteiger charge is 2.71. The zero-order chi connectivity index (χ0) is 17.2. The molecular formula is C18H33NO3Si. The van der Waals surface area contributed by atoms with E-state index in [0.717, 1.165) is 6.42 Å². The predicted molar refractivity (Wildman–Crippen MR) is 93.8 cm³/mol. The Hall–Kier alpha value is -0.393. The van der Waals surface area contributed by atoms with Gasteiger partial charge in [-0.3, -0.25) is 4.79 Å². The van der Waals surface area contributed by atoms with Crippen molar-refractivity contribution in [3.63, 3.8) is 0 Å². The highest BCUT2D eigenvalue weighted by atomic mass is 28.4. The second-order valence-electron chi connectivity index (χ2n) is 9.39. The second kappa shape index (κ2) is 5.30. The molecule has 0 spiro atoms. The molecule has 4 nitrogen and oxygen atoms in total. The highest BCUT2D eigenvalue weighted by molar-refractivity contribution is 6.74. The Labute approximate surface area is 141 Å². The van der Waals surface area contributed by atoms with Crippen LogP contribution >= 0.6 is 0 Å². The van der Waals surface area contributed by atoms with Crippen molar-refractivity contribution in [2.24, 2.45) is 11.8 Å². The Balaban J connectivity index is 1.73. The Bertz CT molecular complexity index is 501. The summed E-state index contributed by atoms with van der Waals surface area (Å²) in [6, 6.07) is 0.134. The van der Waals surface area contributed by atoms with Crippen LogP contribution in [0.15, 0.2) is 0 Å². The van der Waals surface area contributed by atoms with E-state index in [1.165, 1.54) is 12.8 Å². The average Bonchev–Trinajstić information content (AvgIpc) is 3.10. The van der Waals surface area contributed by atoms with Crippen molar-refractivity contribution in [2.75, 3.05) is 0 Å². The highest BCUT2D eigenvalue weighted by Crippen LogP contribution is 2.57. The summed E-state index contributed by atoms with van der Waals surface area (Å²) < 4.78 is 12.7. The third-order valence-corrected chi connectivity index (χ3v) is 11.5. The number of hydrogen-bond acceptors (Lipinski definition) is 3. The van der Waals surface area contributed by atoms with Gasteiger partial charge < -0.3 is 14.5 Å². The maximum Gasteiger partial charge on any atom is 0.228 e. The van der Waals surface area contributed by atoms with Crippen LogP contribution in [0.5, 0.6) is 0 Å². The van der Waals surface area contributed by atoms with Crippen LogP contribution in [0, 0.1) is 11.8 Å². The molecule has 1 aliphatic carbocycles. The van der Waals surface area contributed by atoms with Gasteiger partial charge in [-0.2, -0.15) is 0 Å². The zero-order valence-corrected chi connectivity index (χ0v) is 16.7. The van der Waals surface area contributed by atoms with Crippen LogP contribution in [0.4, 0.5) is 0 Å². The molecule has 0 bridgehead atoms. The Kier molecular flexibility index (Phi) is 4.02. The molecule has 2 saturated heterocycles. The van der Waals surface area contributed by atoms with E-state index in [1.807, 2.05) is 0 Å². The zero-order valence-electron chi connectivity index (χ0n) is 15.7. The molecule has 0 aromatic rings. The number of nitrogens with one attached hydrogen (secondary N) is 1. The van der Waals surface area contributed by atoms with Crippen LogP contribution in [0.25, 0.3) is 0 Å². The number of fused-ring (bicyclic) bond motifs is 1. The van der Waals surface area contributed by atoms with Gasteiger partial charge in [-0.05, 0) is 43.8 Å². The molecule has 3 fully saturated rings. The molecule has 3 aliphatic rings. The average molecular weight is 340 g/mol. The van der Waals surface area contributed by atoms with Crippen LogP contribution in [0.3, 0.4) is 0 Å². The van der Waals surface area contributed by atoms with Crippen LogP contribution < -0.4 is 5.32 Å². The van der Waals surface area contributed by atoms with Crippen molar-refractivity contribution >= 4 is 14.2 Å². The summed E-state index contributed by atoms with van der Waals surface area (Å²) in [6.07, 6.45) is 3.89. The van der Waals surface area contributed by atoms with E-state index in [0.29, 0.717) is 12.0 Å². The largest absolute Gasteiger partial charge is 0.413 e. The van der Waals surface area contributed by atoms with E-state index in [2.05, 4.69) is 53.0 Å². The van der Waals surface area contributed by atoms with Crippen LogP contribution in [0.2, 0.25) is 18.1 Å². The topological polar surface area (TPSA) is 50.9 Å². The minimum absolute atomic E-state index is 0.0389. The van der Waals surface area contributed by atoms with Crippen molar-refractivity contribution in [2.45, 2.75) is 95.9 Å². The third kappa shape index (κ3) is 2.59. The van der Waals surface area contributed by atoms with Crippen molar-refractivity contribution in [3.05, 3.63) is 0 Å². The predicted octanol–water partition coefficient (Wildman–Crippen LogP) is 3.47. The molecule has 2 aliphatic heterocycles. The minimum Gasteiger partial charge on any atom is -0.413 e. The molecule has 0 aromatic heterocycles. The SMILES string of the molecule is CC1CCC[C@@H]2O[C@@]12[C@@H]1NC(=O)[C@H]1[C@@H](C)O[Si](C)(C)C(C)(C)C. The quantitative estimate of drug-likeness (QED) is 0.485. The number of hydrogen-bond donors (Lipinski definition) is 1. The van der Waals surface area contributed by atoms with Gasteiger partial charge in [0.15, 0.2) is 8.32 Å². The number of epoxide rings is 1.